The molecule has 26 heavy (non-hydrogen) atoms. The molecule has 1 fully saturated rings. The van der Waals surface area contributed by atoms with E-state index in [1.807, 2.05) is 26.0 Å². The third-order valence-electron chi connectivity index (χ3n) is 4.35. The maximum Gasteiger partial charge on any atom is 0.150 e. The van der Waals surface area contributed by atoms with Crippen molar-refractivity contribution >= 4 is 17.5 Å². The first-order valence-electron chi connectivity index (χ1n) is 8.63. The van der Waals surface area contributed by atoms with Crippen molar-refractivity contribution in [1.82, 2.24) is 29.9 Å². The maximum atomic E-state index is 4.68. The lowest BCUT2D eigenvalue weighted by Gasteiger charge is -2.25. The summed E-state index contributed by atoms with van der Waals surface area (Å²) >= 11 is 0. The zero-order valence-electron chi connectivity index (χ0n) is 14.8. The Balaban J connectivity index is 1.64. The van der Waals surface area contributed by atoms with Crippen LogP contribution in [0.15, 0.2) is 37.1 Å². The van der Waals surface area contributed by atoms with Crippen LogP contribution in [0.4, 0.5) is 17.5 Å². The van der Waals surface area contributed by atoms with E-state index >= 15 is 0 Å². The van der Waals surface area contributed by atoms with E-state index in [-0.39, 0.29) is 6.04 Å². The number of anilines is 3. The van der Waals surface area contributed by atoms with Gasteiger partial charge in [0.25, 0.3) is 0 Å². The highest BCUT2D eigenvalue weighted by atomic mass is 15.2. The van der Waals surface area contributed by atoms with Crippen molar-refractivity contribution in [2.45, 2.75) is 32.7 Å². The standard InChI is InChI=1S/C18H20N8/c1-12-8-18(22-11-21-12)26-7-3-4-15(26)14-9-16(24-13(2)23-14)25-17-10-19-5-6-20-17/h5-6,8-11,15H,3-4,7H2,1-2H3,(H,20,23,24,25)/t15-/m1/s1. The van der Waals surface area contributed by atoms with Gasteiger partial charge in [-0.3, -0.25) is 4.98 Å². The van der Waals surface area contributed by atoms with Crippen LogP contribution >= 0.6 is 0 Å². The number of aryl methyl sites for hydroxylation is 2. The average molecular weight is 348 g/mol. The zero-order chi connectivity index (χ0) is 17.9. The number of aromatic nitrogens is 6. The zero-order valence-corrected chi connectivity index (χ0v) is 14.8. The lowest BCUT2D eigenvalue weighted by molar-refractivity contribution is 0.679. The van der Waals surface area contributed by atoms with Gasteiger partial charge in [0.05, 0.1) is 17.9 Å². The fraction of sp³-hybridized carbons (Fsp3) is 0.333. The predicted octanol–water partition coefficient (Wildman–Crippen LogP) is 2.76. The van der Waals surface area contributed by atoms with Crippen molar-refractivity contribution in [3.05, 3.63) is 54.3 Å². The van der Waals surface area contributed by atoms with Gasteiger partial charge in [-0.15, -0.1) is 0 Å². The van der Waals surface area contributed by atoms with Crippen LogP contribution in [0.1, 0.15) is 36.1 Å². The Morgan fingerprint density at radius 2 is 1.96 bits per heavy atom. The molecule has 0 spiro atoms. The summed E-state index contributed by atoms with van der Waals surface area (Å²) in [5.74, 6) is 3.05. The average Bonchev–Trinajstić information content (AvgIpc) is 3.12. The number of hydrogen-bond donors (Lipinski definition) is 1. The monoisotopic (exact) mass is 348 g/mol. The summed E-state index contributed by atoms with van der Waals surface area (Å²) in [7, 11) is 0. The van der Waals surface area contributed by atoms with Crippen LogP contribution in [0.2, 0.25) is 0 Å². The normalized spacial score (nSPS) is 16.7. The molecule has 1 saturated heterocycles. The van der Waals surface area contributed by atoms with Gasteiger partial charge in [-0.05, 0) is 26.7 Å². The molecular formula is C18H20N8. The second kappa shape index (κ2) is 6.99. The van der Waals surface area contributed by atoms with Crippen LogP contribution in [-0.2, 0) is 0 Å². The predicted molar refractivity (Wildman–Crippen MR) is 98.2 cm³/mol. The van der Waals surface area contributed by atoms with Gasteiger partial charge in [-0.1, -0.05) is 0 Å². The third-order valence-corrected chi connectivity index (χ3v) is 4.35. The van der Waals surface area contributed by atoms with Gasteiger partial charge in [-0.2, -0.15) is 0 Å². The fourth-order valence-electron chi connectivity index (χ4n) is 3.27. The van der Waals surface area contributed by atoms with Crippen molar-refractivity contribution in [2.75, 3.05) is 16.8 Å². The molecule has 0 amide bonds. The first-order valence-corrected chi connectivity index (χ1v) is 8.63. The van der Waals surface area contributed by atoms with Gasteiger partial charge in [0.15, 0.2) is 0 Å². The van der Waals surface area contributed by atoms with Crippen molar-refractivity contribution in [3.63, 3.8) is 0 Å². The Labute approximate surface area is 151 Å². The molecule has 8 heteroatoms. The van der Waals surface area contributed by atoms with E-state index in [0.29, 0.717) is 5.82 Å². The molecule has 3 aromatic rings. The topological polar surface area (TPSA) is 92.6 Å². The molecule has 4 rings (SSSR count). The molecule has 0 saturated carbocycles. The van der Waals surface area contributed by atoms with E-state index in [0.717, 1.165) is 48.2 Å². The van der Waals surface area contributed by atoms with Gasteiger partial charge in [-0.25, -0.2) is 24.9 Å². The van der Waals surface area contributed by atoms with Crippen LogP contribution in [0.3, 0.4) is 0 Å². The Morgan fingerprint density at radius 1 is 1.04 bits per heavy atom. The summed E-state index contributed by atoms with van der Waals surface area (Å²) in [4.78, 5) is 28.4. The van der Waals surface area contributed by atoms with Crippen LogP contribution in [0.25, 0.3) is 0 Å². The molecule has 1 atom stereocenters. The summed E-state index contributed by atoms with van der Waals surface area (Å²) < 4.78 is 0. The third kappa shape index (κ3) is 3.44. The van der Waals surface area contributed by atoms with E-state index < -0.39 is 0 Å². The summed E-state index contributed by atoms with van der Waals surface area (Å²) in [6, 6.07) is 4.18. The van der Waals surface area contributed by atoms with Crippen molar-refractivity contribution < 1.29 is 0 Å². The van der Waals surface area contributed by atoms with E-state index in [4.69, 9.17) is 0 Å². The minimum Gasteiger partial charge on any atom is -0.348 e. The van der Waals surface area contributed by atoms with E-state index in [9.17, 15) is 0 Å². The molecule has 0 aliphatic carbocycles. The molecule has 0 unspecified atom stereocenters. The Morgan fingerprint density at radius 3 is 2.77 bits per heavy atom. The van der Waals surface area contributed by atoms with Crippen LogP contribution in [0, 0.1) is 13.8 Å². The number of hydrogen-bond acceptors (Lipinski definition) is 8. The van der Waals surface area contributed by atoms with E-state index in [1.54, 1.807) is 24.9 Å². The lowest BCUT2D eigenvalue weighted by Crippen LogP contribution is -2.25. The molecular weight excluding hydrogens is 328 g/mol. The second-order valence-electron chi connectivity index (χ2n) is 6.31. The summed E-state index contributed by atoms with van der Waals surface area (Å²) in [6.45, 7) is 4.84. The van der Waals surface area contributed by atoms with Gasteiger partial charge < -0.3 is 10.2 Å². The minimum absolute atomic E-state index is 0.174. The lowest BCUT2D eigenvalue weighted by atomic mass is 10.1. The SMILES string of the molecule is Cc1cc(N2CCC[C@@H]2c2cc(Nc3cnccn3)nc(C)n2)ncn1. The number of rotatable bonds is 4. The molecule has 1 aliphatic heterocycles. The number of nitrogens with one attached hydrogen (secondary N) is 1. The van der Waals surface area contributed by atoms with Gasteiger partial charge >= 0.3 is 0 Å². The maximum absolute atomic E-state index is 4.68. The van der Waals surface area contributed by atoms with Crippen molar-refractivity contribution in [3.8, 4) is 0 Å². The smallest absolute Gasteiger partial charge is 0.150 e. The molecule has 132 valence electrons. The Kier molecular flexibility index (Phi) is 4.39. The van der Waals surface area contributed by atoms with Crippen molar-refractivity contribution in [2.24, 2.45) is 0 Å². The molecule has 0 radical (unpaired) electrons. The molecule has 1 N–H and O–H groups in total. The highest BCUT2D eigenvalue weighted by Gasteiger charge is 2.29. The molecule has 0 bridgehead atoms. The highest BCUT2D eigenvalue weighted by molar-refractivity contribution is 5.52. The molecule has 4 heterocycles. The van der Waals surface area contributed by atoms with Crippen molar-refractivity contribution in [1.29, 1.82) is 0 Å². The first-order chi connectivity index (χ1) is 12.7. The van der Waals surface area contributed by atoms with Gasteiger partial charge in [0, 0.05) is 36.8 Å². The molecule has 0 aromatic carbocycles. The van der Waals surface area contributed by atoms with E-state index in [2.05, 4.69) is 40.1 Å². The minimum atomic E-state index is 0.174. The summed E-state index contributed by atoms with van der Waals surface area (Å²) in [6.07, 6.45) is 8.71. The fourth-order valence-corrected chi connectivity index (χ4v) is 3.27. The van der Waals surface area contributed by atoms with Gasteiger partial charge in [0.2, 0.25) is 0 Å². The summed E-state index contributed by atoms with van der Waals surface area (Å²) in [5.41, 5.74) is 1.95. The molecule has 3 aromatic heterocycles. The second-order valence-corrected chi connectivity index (χ2v) is 6.31. The molecule has 8 nitrogen and oxygen atoms in total. The Hall–Kier alpha value is -3.16. The largest absolute Gasteiger partial charge is 0.348 e. The van der Waals surface area contributed by atoms with Crippen LogP contribution < -0.4 is 10.2 Å². The Bertz CT molecular complexity index is 899. The highest BCUT2D eigenvalue weighted by Crippen LogP contribution is 2.35. The van der Waals surface area contributed by atoms with E-state index in [1.165, 1.54) is 0 Å². The number of nitrogens with zero attached hydrogens (tertiary/aromatic N) is 7. The van der Waals surface area contributed by atoms with Gasteiger partial charge in [0.1, 0.15) is 29.6 Å². The quantitative estimate of drug-likeness (QED) is 0.769. The van der Waals surface area contributed by atoms with Crippen LogP contribution in [0.5, 0.6) is 0 Å². The first kappa shape index (κ1) is 16.3. The summed E-state index contributed by atoms with van der Waals surface area (Å²) in [5, 5.41) is 3.20. The molecule has 1 aliphatic rings. The van der Waals surface area contributed by atoms with Crippen LogP contribution in [-0.4, -0.2) is 36.4 Å².